The number of aromatic nitrogens is 2. The van der Waals surface area contributed by atoms with Crippen LogP contribution in [-0.4, -0.2) is 16.0 Å². The van der Waals surface area contributed by atoms with E-state index in [1.807, 2.05) is 74.5 Å². The minimum Gasteiger partial charge on any atom is -0.340 e. The van der Waals surface area contributed by atoms with Crippen molar-refractivity contribution in [2.24, 2.45) is 5.92 Å². The molecule has 0 unspecified atom stereocenters. The first-order valence-corrected chi connectivity index (χ1v) is 8.56. The molecular weight excluding hydrogens is 326 g/mol. The standard InChI is InChI=1S/C21H21N3O2/c1-15(2)19(22-18(25)14-13-16-9-5-3-6-10-16)21-23-20(24-26-21)17-11-7-4-8-12-17/h3-15,19H,1-2H3,(H,22,25)/b14-13+/t19-/m1/s1. The van der Waals surface area contributed by atoms with Crippen LogP contribution in [0, 0.1) is 5.92 Å². The van der Waals surface area contributed by atoms with Gasteiger partial charge in [0.25, 0.3) is 0 Å². The Morgan fingerprint density at radius 2 is 1.69 bits per heavy atom. The Bertz CT molecular complexity index is 871. The number of carbonyl (C=O) groups is 1. The number of benzene rings is 2. The van der Waals surface area contributed by atoms with Crippen LogP contribution in [0.1, 0.15) is 31.3 Å². The van der Waals surface area contributed by atoms with Gasteiger partial charge >= 0.3 is 0 Å². The molecular formula is C21H21N3O2. The second kappa shape index (κ2) is 8.25. The lowest BCUT2D eigenvalue weighted by molar-refractivity contribution is -0.117. The number of nitrogens with one attached hydrogen (secondary N) is 1. The van der Waals surface area contributed by atoms with Crippen LogP contribution in [0.2, 0.25) is 0 Å². The Balaban J connectivity index is 1.72. The average Bonchev–Trinajstić information content (AvgIpc) is 3.15. The highest BCUT2D eigenvalue weighted by atomic mass is 16.5. The summed E-state index contributed by atoms with van der Waals surface area (Å²) in [6.45, 7) is 4.00. The maximum absolute atomic E-state index is 12.3. The highest BCUT2D eigenvalue weighted by molar-refractivity contribution is 5.91. The molecule has 132 valence electrons. The van der Waals surface area contributed by atoms with Gasteiger partial charge in [0, 0.05) is 11.6 Å². The zero-order valence-electron chi connectivity index (χ0n) is 14.8. The summed E-state index contributed by atoms with van der Waals surface area (Å²) in [4.78, 5) is 16.8. The van der Waals surface area contributed by atoms with Crippen molar-refractivity contribution in [3.05, 3.63) is 78.2 Å². The molecule has 26 heavy (non-hydrogen) atoms. The minimum atomic E-state index is -0.354. The number of nitrogens with zero attached hydrogens (tertiary/aromatic N) is 2. The van der Waals surface area contributed by atoms with Crippen LogP contribution in [0.25, 0.3) is 17.5 Å². The molecule has 0 radical (unpaired) electrons. The fourth-order valence-electron chi connectivity index (χ4n) is 2.52. The molecule has 0 bridgehead atoms. The van der Waals surface area contributed by atoms with E-state index >= 15 is 0 Å². The van der Waals surface area contributed by atoms with Crippen molar-refractivity contribution in [3.8, 4) is 11.4 Å². The van der Waals surface area contributed by atoms with Crippen LogP contribution < -0.4 is 5.32 Å². The average molecular weight is 347 g/mol. The molecule has 3 aromatic rings. The fourth-order valence-corrected chi connectivity index (χ4v) is 2.52. The molecule has 0 spiro atoms. The van der Waals surface area contributed by atoms with Crippen LogP contribution >= 0.6 is 0 Å². The first kappa shape index (κ1) is 17.6. The number of hydrogen-bond acceptors (Lipinski definition) is 4. The lowest BCUT2D eigenvalue weighted by Crippen LogP contribution is -2.30. The van der Waals surface area contributed by atoms with E-state index in [2.05, 4.69) is 15.5 Å². The summed E-state index contributed by atoms with van der Waals surface area (Å²) in [6, 6.07) is 18.9. The van der Waals surface area contributed by atoms with Gasteiger partial charge in [-0.05, 0) is 17.6 Å². The third-order valence-electron chi connectivity index (χ3n) is 3.93. The van der Waals surface area contributed by atoms with Gasteiger partial charge in [-0.2, -0.15) is 4.98 Å². The zero-order valence-corrected chi connectivity index (χ0v) is 14.8. The van der Waals surface area contributed by atoms with Gasteiger partial charge in [-0.1, -0.05) is 79.7 Å². The Morgan fingerprint density at radius 3 is 2.35 bits per heavy atom. The zero-order chi connectivity index (χ0) is 18.4. The van der Waals surface area contributed by atoms with Crippen LogP contribution in [0.4, 0.5) is 0 Å². The van der Waals surface area contributed by atoms with E-state index in [1.165, 1.54) is 6.08 Å². The fraction of sp³-hybridized carbons (Fsp3) is 0.190. The molecule has 0 fully saturated rings. The molecule has 0 aliphatic carbocycles. The van der Waals surface area contributed by atoms with Crippen LogP contribution in [0.15, 0.2) is 71.3 Å². The smallest absolute Gasteiger partial charge is 0.249 e. The first-order chi connectivity index (χ1) is 12.6. The number of amides is 1. The summed E-state index contributed by atoms with van der Waals surface area (Å²) < 4.78 is 5.41. The Morgan fingerprint density at radius 1 is 1.04 bits per heavy atom. The maximum atomic E-state index is 12.3. The number of carbonyl (C=O) groups excluding carboxylic acids is 1. The predicted molar refractivity (Wildman–Crippen MR) is 101 cm³/mol. The van der Waals surface area contributed by atoms with Crippen molar-refractivity contribution >= 4 is 12.0 Å². The molecule has 1 N–H and O–H groups in total. The predicted octanol–water partition coefficient (Wildman–Crippen LogP) is 4.26. The van der Waals surface area contributed by atoms with Crippen LogP contribution in [0.3, 0.4) is 0 Å². The van der Waals surface area contributed by atoms with Crippen molar-refractivity contribution in [2.75, 3.05) is 0 Å². The molecule has 0 aliphatic heterocycles. The molecule has 5 nitrogen and oxygen atoms in total. The Kier molecular flexibility index (Phi) is 5.59. The van der Waals surface area contributed by atoms with E-state index in [1.54, 1.807) is 6.08 Å². The van der Waals surface area contributed by atoms with E-state index < -0.39 is 0 Å². The number of rotatable bonds is 6. The normalized spacial score (nSPS) is 12.4. The molecule has 3 rings (SSSR count). The van der Waals surface area contributed by atoms with E-state index in [-0.39, 0.29) is 17.9 Å². The highest BCUT2D eigenvalue weighted by Gasteiger charge is 2.24. The maximum Gasteiger partial charge on any atom is 0.249 e. The van der Waals surface area contributed by atoms with Gasteiger partial charge in [-0.25, -0.2) is 0 Å². The van der Waals surface area contributed by atoms with E-state index in [9.17, 15) is 4.79 Å². The monoisotopic (exact) mass is 347 g/mol. The Labute approximate surface area is 152 Å². The molecule has 0 aliphatic rings. The third-order valence-corrected chi connectivity index (χ3v) is 3.93. The van der Waals surface area contributed by atoms with Crippen LogP contribution in [0.5, 0.6) is 0 Å². The van der Waals surface area contributed by atoms with Crippen molar-refractivity contribution in [2.45, 2.75) is 19.9 Å². The summed E-state index contributed by atoms with van der Waals surface area (Å²) in [5.74, 6) is 0.820. The molecule has 1 aromatic heterocycles. The van der Waals surface area contributed by atoms with Gasteiger partial charge in [-0.15, -0.1) is 0 Å². The first-order valence-electron chi connectivity index (χ1n) is 8.56. The molecule has 5 heteroatoms. The summed E-state index contributed by atoms with van der Waals surface area (Å²) >= 11 is 0. The van der Waals surface area contributed by atoms with Crippen molar-refractivity contribution in [1.82, 2.24) is 15.5 Å². The minimum absolute atomic E-state index is 0.105. The summed E-state index contributed by atoms with van der Waals surface area (Å²) in [5.41, 5.74) is 1.84. The third kappa shape index (κ3) is 4.45. The second-order valence-electron chi connectivity index (χ2n) is 6.30. The SMILES string of the molecule is CC(C)[C@@H](NC(=O)/C=C/c1ccccc1)c1nc(-c2ccccc2)no1. The lowest BCUT2D eigenvalue weighted by Gasteiger charge is -2.17. The summed E-state index contributed by atoms with van der Waals surface area (Å²) in [6.07, 6.45) is 3.29. The molecule has 1 heterocycles. The Hall–Kier alpha value is -3.21. The molecule has 0 saturated heterocycles. The van der Waals surface area contributed by atoms with E-state index in [4.69, 9.17) is 4.52 Å². The quantitative estimate of drug-likeness (QED) is 0.676. The number of hydrogen-bond donors (Lipinski definition) is 1. The lowest BCUT2D eigenvalue weighted by atomic mass is 10.0. The van der Waals surface area contributed by atoms with Crippen molar-refractivity contribution < 1.29 is 9.32 Å². The molecule has 1 amide bonds. The van der Waals surface area contributed by atoms with Gasteiger partial charge in [0.15, 0.2) is 0 Å². The van der Waals surface area contributed by atoms with E-state index in [0.29, 0.717) is 11.7 Å². The largest absolute Gasteiger partial charge is 0.340 e. The van der Waals surface area contributed by atoms with Gasteiger partial charge in [-0.3, -0.25) is 4.79 Å². The molecule has 0 saturated carbocycles. The van der Waals surface area contributed by atoms with Crippen molar-refractivity contribution in [3.63, 3.8) is 0 Å². The van der Waals surface area contributed by atoms with Crippen molar-refractivity contribution in [1.29, 1.82) is 0 Å². The van der Waals surface area contributed by atoms with Gasteiger partial charge in [0.2, 0.25) is 17.6 Å². The highest BCUT2D eigenvalue weighted by Crippen LogP contribution is 2.23. The van der Waals surface area contributed by atoms with Crippen LogP contribution in [-0.2, 0) is 4.79 Å². The molecule has 2 aromatic carbocycles. The van der Waals surface area contributed by atoms with Gasteiger partial charge < -0.3 is 9.84 Å². The summed E-state index contributed by atoms with van der Waals surface area (Å²) in [7, 11) is 0. The van der Waals surface area contributed by atoms with Gasteiger partial charge in [0.05, 0.1) is 0 Å². The molecule has 1 atom stereocenters. The summed E-state index contributed by atoms with van der Waals surface area (Å²) in [5, 5.41) is 6.98. The van der Waals surface area contributed by atoms with E-state index in [0.717, 1.165) is 11.1 Å². The van der Waals surface area contributed by atoms with Gasteiger partial charge in [0.1, 0.15) is 6.04 Å². The topological polar surface area (TPSA) is 68.0 Å². The second-order valence-corrected chi connectivity index (χ2v) is 6.30.